The van der Waals surface area contributed by atoms with Gasteiger partial charge in [-0.3, -0.25) is 0 Å². The summed E-state index contributed by atoms with van der Waals surface area (Å²) >= 11 is 0. The van der Waals surface area contributed by atoms with E-state index in [1.54, 1.807) is 30.3 Å². The Kier molecular flexibility index (Phi) is 10.5. The first-order valence-electron chi connectivity index (χ1n) is 15.2. The van der Waals surface area contributed by atoms with Gasteiger partial charge in [0.2, 0.25) is 0 Å². The van der Waals surface area contributed by atoms with E-state index in [0.717, 1.165) is 42.5 Å². The number of hydrogen-bond acceptors (Lipinski definition) is 5. The zero-order chi connectivity index (χ0) is 37.2. The Bertz CT molecular complexity index is 1910. The molecule has 1 aliphatic rings. The Labute approximate surface area is 286 Å². The first-order chi connectivity index (χ1) is 23.9. The summed E-state index contributed by atoms with van der Waals surface area (Å²) in [6, 6.07) is 16.7. The average molecular weight is 746 g/mol. The predicted octanol–water partition coefficient (Wildman–Crippen LogP) is 8.74. The van der Waals surface area contributed by atoms with Crippen LogP contribution in [0.2, 0.25) is 0 Å². The third-order valence-corrected chi connectivity index (χ3v) is 11.3. The highest BCUT2D eigenvalue weighted by atomic mass is 32.2. The molecule has 0 saturated carbocycles. The fraction of sp³-hybridized carbons (Fsp3) is 0.286. The van der Waals surface area contributed by atoms with Crippen molar-refractivity contribution in [2.24, 2.45) is 0 Å². The Morgan fingerprint density at radius 1 is 0.706 bits per heavy atom. The monoisotopic (exact) mass is 745 g/mol. The minimum Gasteiger partial charge on any atom is -0.445 e. The van der Waals surface area contributed by atoms with E-state index in [2.05, 4.69) is 4.74 Å². The number of nitrogens with zero attached hydrogens (tertiary/aromatic N) is 1. The van der Waals surface area contributed by atoms with E-state index in [0.29, 0.717) is 29.8 Å². The van der Waals surface area contributed by atoms with Crippen LogP contribution in [-0.4, -0.2) is 44.9 Å². The smallest absolute Gasteiger partial charge is 0.430 e. The summed E-state index contributed by atoms with van der Waals surface area (Å²) in [7, 11) is -4.56. The summed E-state index contributed by atoms with van der Waals surface area (Å²) in [5.74, 6) is -3.65. The third kappa shape index (κ3) is 7.16. The van der Waals surface area contributed by atoms with E-state index < -0.39 is 73.8 Å². The molecular formula is C35H28F9NO5S. The predicted molar refractivity (Wildman–Crippen MR) is 164 cm³/mol. The van der Waals surface area contributed by atoms with E-state index in [1.165, 1.54) is 4.90 Å². The normalized spacial score (nSPS) is 15.4. The van der Waals surface area contributed by atoms with Gasteiger partial charge in [0.15, 0.2) is 9.84 Å². The quantitative estimate of drug-likeness (QED) is 0.127. The van der Waals surface area contributed by atoms with Gasteiger partial charge in [-0.25, -0.2) is 26.4 Å². The number of sulfone groups is 1. The van der Waals surface area contributed by atoms with Crippen molar-refractivity contribution in [2.45, 2.75) is 53.7 Å². The topological polar surface area (TPSA) is 72.9 Å². The number of alkyl halides is 6. The van der Waals surface area contributed by atoms with E-state index >= 15 is 0 Å². The zero-order valence-corrected chi connectivity index (χ0v) is 27.1. The van der Waals surface area contributed by atoms with Crippen molar-refractivity contribution >= 4 is 15.9 Å². The van der Waals surface area contributed by atoms with Crippen LogP contribution in [0.1, 0.15) is 35.1 Å². The number of carbonyl (C=O) groups excluding carboxylic acids is 1. The van der Waals surface area contributed by atoms with E-state index in [-0.39, 0.29) is 43.0 Å². The van der Waals surface area contributed by atoms with Crippen molar-refractivity contribution in [1.82, 2.24) is 4.90 Å². The number of ether oxygens (including phenoxy) is 2. The van der Waals surface area contributed by atoms with Crippen molar-refractivity contribution in [2.75, 3.05) is 13.1 Å². The summed E-state index contributed by atoms with van der Waals surface area (Å²) in [5.41, 5.74) is -7.37. The SMILES string of the molecule is O=C(OCc1ccccc1)N1CCC(c2ccc(C(OCc3c(F)cccc3F)(C(F)(F)F)C(F)(F)F)cc2)(S(=O)(=O)c2ccc(F)cc2)CC1. The van der Waals surface area contributed by atoms with Gasteiger partial charge in [0.25, 0.3) is 5.60 Å². The second kappa shape index (κ2) is 14.2. The molecule has 0 spiro atoms. The van der Waals surface area contributed by atoms with Crippen molar-refractivity contribution in [3.8, 4) is 0 Å². The van der Waals surface area contributed by atoms with Crippen LogP contribution in [0.15, 0.2) is 102 Å². The van der Waals surface area contributed by atoms with Crippen molar-refractivity contribution in [3.63, 3.8) is 0 Å². The lowest BCUT2D eigenvalue weighted by Crippen LogP contribution is -2.56. The van der Waals surface area contributed by atoms with Crippen LogP contribution >= 0.6 is 0 Å². The van der Waals surface area contributed by atoms with Crippen LogP contribution < -0.4 is 0 Å². The second-order valence-corrected chi connectivity index (χ2v) is 14.0. The molecule has 16 heteroatoms. The van der Waals surface area contributed by atoms with Gasteiger partial charge < -0.3 is 14.4 Å². The molecule has 5 rings (SSSR count). The Hall–Kier alpha value is -4.57. The molecule has 1 saturated heterocycles. The van der Waals surface area contributed by atoms with Gasteiger partial charge in [-0.2, -0.15) is 26.3 Å². The molecule has 1 aliphatic heterocycles. The fourth-order valence-corrected chi connectivity index (χ4v) is 8.12. The van der Waals surface area contributed by atoms with Crippen molar-refractivity contribution in [3.05, 3.63) is 137 Å². The molecule has 1 fully saturated rings. The maximum absolute atomic E-state index is 14.5. The number of halogens is 9. The number of likely N-dealkylation sites (tertiary alicyclic amines) is 1. The number of carbonyl (C=O) groups is 1. The molecule has 1 amide bonds. The number of hydrogen-bond donors (Lipinski definition) is 0. The van der Waals surface area contributed by atoms with E-state index in [9.17, 15) is 52.7 Å². The summed E-state index contributed by atoms with van der Waals surface area (Å²) in [6.07, 6.45) is -14.0. The maximum Gasteiger partial charge on any atom is 0.430 e. The summed E-state index contributed by atoms with van der Waals surface area (Å²) in [5, 5.41) is 0. The highest BCUT2D eigenvalue weighted by Gasteiger charge is 2.73. The van der Waals surface area contributed by atoms with Gasteiger partial charge in [0.05, 0.1) is 11.5 Å². The molecule has 6 nitrogen and oxygen atoms in total. The van der Waals surface area contributed by atoms with Crippen LogP contribution in [0.4, 0.5) is 44.3 Å². The molecular weight excluding hydrogens is 717 g/mol. The van der Waals surface area contributed by atoms with Crippen LogP contribution in [0.3, 0.4) is 0 Å². The molecule has 0 N–H and O–H groups in total. The average Bonchev–Trinajstić information content (AvgIpc) is 3.08. The number of benzene rings is 4. The standard InChI is InChI=1S/C35H28F9NO5S/c36-26-13-15-27(16-14-26)51(47,48)32(17-19-45(20-18-32)31(46)49-21-23-5-2-1-3-6-23)24-9-11-25(12-10-24)33(34(39,40)41,35(42,43)44)50-22-28-29(37)7-4-8-30(28)38/h1-16H,17-22H2. The van der Waals surface area contributed by atoms with Gasteiger partial charge in [0, 0.05) is 24.2 Å². The number of amides is 1. The van der Waals surface area contributed by atoms with Gasteiger partial charge in [0.1, 0.15) is 28.8 Å². The van der Waals surface area contributed by atoms with E-state index in [4.69, 9.17) is 4.74 Å². The Morgan fingerprint density at radius 3 is 1.78 bits per heavy atom. The lowest BCUT2D eigenvalue weighted by Gasteiger charge is -2.42. The summed E-state index contributed by atoms with van der Waals surface area (Å²) < 4.78 is 165. The molecule has 0 radical (unpaired) electrons. The molecule has 272 valence electrons. The maximum atomic E-state index is 14.5. The Balaban J connectivity index is 1.52. The van der Waals surface area contributed by atoms with Gasteiger partial charge in [-0.1, -0.05) is 60.7 Å². The van der Waals surface area contributed by atoms with Gasteiger partial charge in [-0.05, 0) is 60.4 Å². The van der Waals surface area contributed by atoms with Crippen LogP contribution in [0.25, 0.3) is 0 Å². The summed E-state index contributed by atoms with van der Waals surface area (Å²) in [6.45, 7) is -2.36. The minimum atomic E-state index is -6.22. The lowest BCUT2D eigenvalue weighted by atomic mass is 9.85. The van der Waals surface area contributed by atoms with Crippen molar-refractivity contribution in [1.29, 1.82) is 0 Å². The van der Waals surface area contributed by atoms with Crippen molar-refractivity contribution < 1.29 is 62.2 Å². The highest BCUT2D eigenvalue weighted by Crippen LogP contribution is 2.54. The molecule has 0 unspecified atom stereocenters. The number of rotatable bonds is 9. The second-order valence-electron chi connectivity index (χ2n) is 11.7. The number of piperidine rings is 1. The lowest BCUT2D eigenvalue weighted by molar-refractivity contribution is -0.392. The largest absolute Gasteiger partial charge is 0.445 e. The molecule has 51 heavy (non-hydrogen) atoms. The third-order valence-electron chi connectivity index (χ3n) is 8.78. The molecule has 0 aliphatic carbocycles. The zero-order valence-electron chi connectivity index (χ0n) is 26.3. The fourth-order valence-electron chi connectivity index (χ4n) is 6.01. The highest BCUT2D eigenvalue weighted by molar-refractivity contribution is 7.92. The van der Waals surface area contributed by atoms with E-state index in [1.807, 2.05) is 0 Å². The minimum absolute atomic E-state index is 0.0948. The van der Waals surface area contributed by atoms with Crippen LogP contribution in [0.5, 0.6) is 0 Å². The molecule has 4 aromatic carbocycles. The molecule has 0 bridgehead atoms. The van der Waals surface area contributed by atoms with Gasteiger partial charge in [-0.15, -0.1) is 0 Å². The first-order valence-corrected chi connectivity index (χ1v) is 16.7. The van der Waals surface area contributed by atoms with Crippen LogP contribution in [-0.2, 0) is 42.9 Å². The molecule has 0 aromatic heterocycles. The first kappa shape index (κ1) is 37.7. The molecule has 1 heterocycles. The Morgan fingerprint density at radius 2 is 1.25 bits per heavy atom. The van der Waals surface area contributed by atoms with Gasteiger partial charge >= 0.3 is 18.4 Å². The van der Waals surface area contributed by atoms with Crippen LogP contribution in [0, 0.1) is 17.5 Å². The molecule has 4 aromatic rings. The molecule has 0 atom stereocenters. The summed E-state index contributed by atoms with van der Waals surface area (Å²) in [4.78, 5) is 13.7.